The number of fused-ring (bicyclic) bond motifs is 1. The van der Waals surface area contributed by atoms with E-state index in [0.29, 0.717) is 25.9 Å². The fourth-order valence-corrected chi connectivity index (χ4v) is 47.0. The van der Waals surface area contributed by atoms with Crippen molar-refractivity contribution >= 4 is 78.1 Å². The molecule has 0 saturated heterocycles. The van der Waals surface area contributed by atoms with Crippen LogP contribution in [0.3, 0.4) is 0 Å². The van der Waals surface area contributed by atoms with Gasteiger partial charge in [-0.1, -0.05) is 12.1 Å². The topological polar surface area (TPSA) is 40.5 Å². The molecule has 1 heterocycles. The van der Waals surface area contributed by atoms with Crippen LogP contribution in [0.15, 0.2) is 103 Å². The average Bonchev–Trinajstić information content (AvgIpc) is 3.29. The Morgan fingerprint density at radius 1 is 0.600 bits per heavy atom. The molecule has 2 unspecified atom stereocenters. The molecule has 0 radical (unpaired) electrons. The fraction of sp³-hybridized carbons (Fsp3) is 0.278. The van der Waals surface area contributed by atoms with Gasteiger partial charge in [0.2, 0.25) is 0 Å². The van der Waals surface area contributed by atoms with Gasteiger partial charge in [0, 0.05) is 0 Å². The first-order chi connectivity index (χ1) is 21.6. The normalized spacial score (nSPS) is 20.4. The number of phenols is 2. The molecule has 0 aromatic heterocycles. The van der Waals surface area contributed by atoms with Gasteiger partial charge >= 0.3 is 232 Å². The average molecular weight is 1060 g/mol. The van der Waals surface area contributed by atoms with Gasteiger partial charge in [0.1, 0.15) is 0 Å². The maximum absolute atomic E-state index is 10.7. The van der Waals surface area contributed by atoms with Gasteiger partial charge in [0.15, 0.2) is 0 Å². The van der Waals surface area contributed by atoms with Gasteiger partial charge in [0.05, 0.1) is 0 Å². The number of hydrogen-bond donors (Lipinski definition) is 2. The second-order valence-corrected chi connectivity index (χ2v) is 35.5. The van der Waals surface area contributed by atoms with E-state index in [1.807, 2.05) is 72.8 Å². The molecule has 1 aliphatic heterocycles. The Hall–Kier alpha value is -0.290. The Bertz CT molecular complexity index is 1530. The van der Waals surface area contributed by atoms with Crippen LogP contribution in [0.4, 0.5) is 0 Å². The molecular formula is C36H38Br4HfO2S2-2. The third-order valence-corrected chi connectivity index (χ3v) is 38.9. The zero-order valence-electron chi connectivity index (χ0n) is 25.0. The molecule has 45 heavy (non-hydrogen) atoms. The van der Waals surface area contributed by atoms with Crippen molar-refractivity contribution in [3.8, 4) is 11.5 Å². The molecule has 6 rings (SSSR count). The molecule has 4 aromatic carbocycles. The summed E-state index contributed by atoms with van der Waals surface area (Å²) in [4.78, 5) is 0. The van der Waals surface area contributed by atoms with Crippen LogP contribution in [-0.4, -0.2) is 20.7 Å². The van der Waals surface area contributed by atoms with Crippen LogP contribution < -0.4 is 0 Å². The second-order valence-electron chi connectivity index (χ2n) is 11.1. The van der Waals surface area contributed by atoms with E-state index in [9.17, 15) is 10.2 Å². The maximum atomic E-state index is 10.7. The summed E-state index contributed by atoms with van der Waals surface area (Å²) in [5.41, 5.74) is 4.33. The molecule has 4 atom stereocenters. The van der Waals surface area contributed by atoms with Crippen LogP contribution >= 0.6 is 78.1 Å². The summed E-state index contributed by atoms with van der Waals surface area (Å²) >= 11 is 13.3. The molecule has 0 spiro atoms. The monoisotopic (exact) mass is 1060 g/mol. The molecule has 0 bridgehead atoms. The third-order valence-electron chi connectivity index (χ3n) is 7.61. The number of rotatable bonds is 4. The summed E-state index contributed by atoms with van der Waals surface area (Å²) in [5, 5.41) is 23.0. The van der Waals surface area contributed by atoms with E-state index >= 15 is 0 Å². The minimum atomic E-state index is -0.951. The van der Waals surface area contributed by atoms with Crippen LogP contribution in [0.2, 0.25) is 0 Å². The van der Waals surface area contributed by atoms with Crippen molar-refractivity contribution in [2.75, 3.05) is 0 Å². The van der Waals surface area contributed by atoms with E-state index in [1.165, 1.54) is 38.5 Å². The van der Waals surface area contributed by atoms with Crippen molar-refractivity contribution in [1.29, 1.82) is 0 Å². The molecule has 2 aliphatic rings. The SMILES string of the molecule is Oc1c(Br)cc(Br)cc1C[S]1=[Hf]=[S@@](Cc2cc(Br)cc(Br)c2O)C2CCCCCC[C@@H]21.[CH2-]c1ccccc1.[CH2-]c1ccccc1. The zero-order chi connectivity index (χ0) is 32.3. The number of halogens is 4. The third kappa shape index (κ3) is 11.7. The number of benzene rings is 4. The Labute approximate surface area is 314 Å². The Balaban J connectivity index is 0.000000269. The molecule has 1 saturated carbocycles. The van der Waals surface area contributed by atoms with Crippen LogP contribution in [0.5, 0.6) is 11.5 Å². The molecule has 2 N–H and O–H groups in total. The number of hydrogen-bond acceptors (Lipinski definition) is 2. The van der Waals surface area contributed by atoms with Crippen molar-refractivity contribution < 1.29 is 29.1 Å². The van der Waals surface area contributed by atoms with Gasteiger partial charge in [-0.2, -0.15) is 49.2 Å². The van der Waals surface area contributed by atoms with E-state index in [-0.39, 0.29) is 0 Å². The van der Waals surface area contributed by atoms with Crippen LogP contribution in [0.1, 0.15) is 60.8 Å². The van der Waals surface area contributed by atoms with Gasteiger partial charge in [-0.3, -0.25) is 0 Å². The summed E-state index contributed by atoms with van der Waals surface area (Å²) in [6.07, 6.45) is 8.16. The van der Waals surface area contributed by atoms with Crippen molar-refractivity contribution in [2.45, 2.75) is 60.5 Å². The van der Waals surface area contributed by atoms with E-state index < -0.39 is 18.9 Å². The summed E-state index contributed by atoms with van der Waals surface area (Å²) in [7, 11) is 0.877. The Morgan fingerprint density at radius 3 is 1.31 bits per heavy atom. The summed E-state index contributed by atoms with van der Waals surface area (Å²) in [5.74, 6) is 2.90. The zero-order valence-corrected chi connectivity index (χ0v) is 36.6. The van der Waals surface area contributed by atoms with Crippen LogP contribution in [-0.2, 0) is 30.4 Å². The van der Waals surface area contributed by atoms with Crippen molar-refractivity contribution in [2.24, 2.45) is 0 Å². The molecule has 9 heteroatoms. The predicted molar refractivity (Wildman–Crippen MR) is 207 cm³/mol. The van der Waals surface area contributed by atoms with Gasteiger partial charge in [-0.05, 0) is 0 Å². The molecular weight excluding hydrogens is 1030 g/mol. The van der Waals surface area contributed by atoms with Crippen molar-refractivity contribution in [3.63, 3.8) is 0 Å². The summed E-state index contributed by atoms with van der Waals surface area (Å²) in [6.45, 7) is 7.44. The Kier molecular flexibility index (Phi) is 15.9. The van der Waals surface area contributed by atoms with Gasteiger partial charge in [-0.15, -0.1) is 24.3 Å². The standard InChI is InChI=1S/C22H24Br4O2S2.2C7H7.Hf/c23-15-7-13(21(27)17(25)9-15)11-29-19-5-3-1-2-4-6-20(19)30-12-14-8-16(24)10-18(26)22(14)28;2*1-7-5-3-2-4-6-7;/h7-10,19-20,27-28H,1-6,11-12H2;2*2-6H,1H2;/q;2*-1;/t19-,20?;;;/m0.../s1. The quantitative estimate of drug-likeness (QED) is 0.158. The first-order valence-corrected chi connectivity index (χ1v) is 29.7. The molecule has 4 aromatic rings. The maximum Gasteiger partial charge on any atom is -0.0866 e. The molecule has 240 valence electrons. The minimum absolute atomic E-state index is 0.419. The van der Waals surface area contributed by atoms with Crippen molar-refractivity contribution in [1.82, 2.24) is 0 Å². The number of phenolic OH excluding ortho intramolecular Hbond substituents is 2. The van der Waals surface area contributed by atoms with Gasteiger partial charge in [-0.25, -0.2) is 0 Å². The molecule has 0 amide bonds. The Morgan fingerprint density at radius 2 is 0.978 bits per heavy atom. The van der Waals surface area contributed by atoms with E-state index in [0.717, 1.165) is 62.2 Å². The van der Waals surface area contributed by atoms with Gasteiger partial charge < -0.3 is 0 Å². The number of aromatic hydroxyl groups is 2. The van der Waals surface area contributed by atoms with Crippen molar-refractivity contribution in [3.05, 3.63) is 139 Å². The second kappa shape index (κ2) is 19.0. The molecule has 1 aliphatic carbocycles. The largest absolute Gasteiger partial charge is 0.199 e. The minimum Gasteiger partial charge on any atom is -0.199 e. The predicted octanol–water partition coefficient (Wildman–Crippen LogP) is 13.1. The van der Waals surface area contributed by atoms with E-state index in [4.69, 9.17) is 0 Å². The summed E-state index contributed by atoms with van der Waals surface area (Å²) < 4.78 is 3.62. The first kappa shape index (κ1) is 37.5. The fourth-order valence-electron chi connectivity index (χ4n) is 5.35. The first-order valence-electron chi connectivity index (χ1n) is 14.9. The smallest absolute Gasteiger partial charge is 0.0866 e. The van der Waals surface area contributed by atoms with Crippen LogP contribution in [0, 0.1) is 13.8 Å². The molecule has 1 fully saturated rings. The summed E-state index contributed by atoms with van der Waals surface area (Å²) in [6, 6.07) is 27.8. The van der Waals surface area contributed by atoms with E-state index in [1.54, 1.807) is 0 Å². The molecule has 2 nitrogen and oxygen atoms in total. The van der Waals surface area contributed by atoms with E-state index in [2.05, 4.69) is 89.7 Å². The van der Waals surface area contributed by atoms with Gasteiger partial charge in [0.25, 0.3) is 0 Å². The van der Waals surface area contributed by atoms with Crippen LogP contribution in [0.25, 0.3) is 0 Å².